The summed E-state index contributed by atoms with van der Waals surface area (Å²) >= 11 is 0. The minimum Gasteiger partial charge on any atom is -0.497 e. The molecule has 7 atom stereocenters. The average molecular weight is 753 g/mol. The van der Waals surface area contributed by atoms with Gasteiger partial charge in [0.05, 0.1) is 29.4 Å². The van der Waals surface area contributed by atoms with Crippen LogP contribution in [0.2, 0.25) is 0 Å². The van der Waals surface area contributed by atoms with Gasteiger partial charge in [0.2, 0.25) is 27.7 Å². The number of aromatic nitrogens is 2. The largest absolute Gasteiger partial charge is 0.497 e. The van der Waals surface area contributed by atoms with Crippen molar-refractivity contribution in [3.63, 3.8) is 0 Å². The lowest BCUT2D eigenvalue weighted by Crippen LogP contribution is -2.59. The third-order valence-corrected chi connectivity index (χ3v) is 13.8. The summed E-state index contributed by atoms with van der Waals surface area (Å²) in [5.74, 6) is -1.71. The third-order valence-electron chi connectivity index (χ3n) is 11.6. The van der Waals surface area contributed by atoms with Crippen molar-refractivity contribution in [1.29, 1.82) is 0 Å². The normalized spacial score (nSPS) is 31.9. The maximum Gasteiger partial charge on any atom is 0.405 e. The summed E-state index contributed by atoms with van der Waals surface area (Å²) < 4.78 is 39.3. The predicted octanol–water partition coefficient (Wildman–Crippen LogP) is 3.39. The molecule has 2 aromatic rings. The van der Waals surface area contributed by atoms with Crippen molar-refractivity contribution in [2.75, 3.05) is 13.7 Å². The quantitative estimate of drug-likeness (QED) is 0.288. The van der Waals surface area contributed by atoms with E-state index in [9.17, 15) is 32.7 Å². The van der Waals surface area contributed by atoms with Gasteiger partial charge >= 0.3 is 6.09 Å². The fourth-order valence-corrected chi connectivity index (χ4v) is 9.07. The first kappa shape index (κ1) is 36.9. The van der Waals surface area contributed by atoms with Gasteiger partial charge in [-0.2, -0.15) is 0 Å². The zero-order chi connectivity index (χ0) is 37.9. The molecule has 3 aliphatic carbocycles. The second kappa shape index (κ2) is 13.7. The Bertz CT molecular complexity index is 1960. The topological polar surface area (TPSA) is 206 Å². The SMILES string of the molecule is COc1ccc2nc(O[C@@H]3C[C@H]4C(=O)N[C@]5(C(=O)NS(=O)(=O)C6(C)CC6)C[C@H]5/C=C\CC[C@@H](C)C[C@@H](C)[C@H](NC(=O)O)C(=O)N4C3)c(C3CC3)nc2c1. The van der Waals surface area contributed by atoms with E-state index in [0.29, 0.717) is 54.0 Å². The van der Waals surface area contributed by atoms with E-state index in [2.05, 4.69) is 15.4 Å². The van der Waals surface area contributed by atoms with Crippen LogP contribution in [0.4, 0.5) is 4.79 Å². The fourth-order valence-electron chi connectivity index (χ4n) is 7.76. The number of hydrogen-bond donors (Lipinski definition) is 4. The Balaban J connectivity index is 1.22. The molecule has 53 heavy (non-hydrogen) atoms. The molecule has 15 nitrogen and oxygen atoms in total. The van der Waals surface area contributed by atoms with Crippen molar-refractivity contribution >= 4 is 44.9 Å². The van der Waals surface area contributed by atoms with Gasteiger partial charge < -0.3 is 30.1 Å². The minimum absolute atomic E-state index is 0.0170. The number of carboxylic acid groups (broad SMARTS) is 1. The number of fused-ring (bicyclic) bond motifs is 3. The average Bonchev–Trinajstić information content (AvgIpc) is 4.05. The zero-order valence-electron chi connectivity index (χ0n) is 30.5. The molecule has 16 heteroatoms. The van der Waals surface area contributed by atoms with Crippen LogP contribution in [0.1, 0.15) is 90.2 Å². The molecule has 1 aromatic heterocycles. The van der Waals surface area contributed by atoms with Gasteiger partial charge in [-0.25, -0.2) is 23.2 Å². The molecule has 5 aliphatic rings. The standard InChI is InChI=1S/C37H48N6O9S/c1-20-7-5-6-8-23-18-37(23,34(46)42-53(49,50)36(3)13-14-36)41-31(44)28-17-25(19-43(28)33(45)29(21(2)15-20)40-35(47)48)52-32-30(22-9-10-22)38-27-16-24(51-4)11-12-26(27)39-32/h6,8,11-12,16,20-23,25,28-29,40H,5,7,9-10,13-15,17-19H2,1-4H3,(H,41,44)(H,42,46)(H,47,48)/b8-6-/t20-,21-,23-,25-,28+,29+,37-/m1/s1. The number of nitrogens with one attached hydrogen (secondary N) is 3. The van der Waals surface area contributed by atoms with Crippen molar-refractivity contribution in [3.05, 3.63) is 36.0 Å². The molecule has 286 valence electrons. The first-order valence-corrected chi connectivity index (χ1v) is 20.0. The molecule has 1 saturated heterocycles. The molecule has 0 radical (unpaired) electrons. The van der Waals surface area contributed by atoms with E-state index in [0.717, 1.165) is 19.3 Å². The highest BCUT2D eigenvalue weighted by molar-refractivity contribution is 7.91. The second-order valence-electron chi connectivity index (χ2n) is 15.9. The molecule has 1 aromatic carbocycles. The number of ether oxygens (including phenoxy) is 2. The Morgan fingerprint density at radius 2 is 1.83 bits per heavy atom. The van der Waals surface area contributed by atoms with Gasteiger partial charge in [-0.3, -0.25) is 19.1 Å². The second-order valence-corrected chi connectivity index (χ2v) is 18.1. The van der Waals surface area contributed by atoms with E-state index in [1.54, 1.807) is 32.2 Å². The summed E-state index contributed by atoms with van der Waals surface area (Å²) in [6.45, 7) is 5.38. The van der Waals surface area contributed by atoms with Crippen molar-refractivity contribution in [2.45, 2.75) is 113 Å². The van der Waals surface area contributed by atoms with Crippen molar-refractivity contribution in [3.8, 4) is 11.6 Å². The molecule has 0 unspecified atom stereocenters. The summed E-state index contributed by atoms with van der Waals surface area (Å²) in [6.07, 6.45) is 6.52. The number of hydrogen-bond acceptors (Lipinski definition) is 10. The van der Waals surface area contributed by atoms with Crippen molar-refractivity contribution in [2.24, 2.45) is 17.8 Å². The van der Waals surface area contributed by atoms with E-state index in [4.69, 9.17) is 19.4 Å². The number of rotatable bonds is 8. The molecule has 4 fully saturated rings. The molecule has 7 rings (SSSR count). The van der Waals surface area contributed by atoms with Crippen LogP contribution in [0.3, 0.4) is 0 Å². The Morgan fingerprint density at radius 1 is 1.08 bits per heavy atom. The smallest absolute Gasteiger partial charge is 0.405 e. The van der Waals surface area contributed by atoms with E-state index in [1.165, 1.54) is 4.90 Å². The van der Waals surface area contributed by atoms with E-state index in [-0.39, 0.29) is 31.2 Å². The highest BCUT2D eigenvalue weighted by Crippen LogP contribution is 2.48. The Labute approximate surface area is 308 Å². The van der Waals surface area contributed by atoms with E-state index >= 15 is 0 Å². The summed E-state index contributed by atoms with van der Waals surface area (Å²) in [5, 5.41) is 15.1. The number of carbonyl (C=O) groups is 4. The van der Waals surface area contributed by atoms with Crippen LogP contribution >= 0.6 is 0 Å². The summed E-state index contributed by atoms with van der Waals surface area (Å²) in [7, 11) is -2.43. The summed E-state index contributed by atoms with van der Waals surface area (Å²) in [6, 6.07) is 3.03. The van der Waals surface area contributed by atoms with Crippen LogP contribution in [0.15, 0.2) is 30.4 Å². The zero-order valence-corrected chi connectivity index (χ0v) is 31.3. The monoisotopic (exact) mass is 752 g/mol. The van der Waals surface area contributed by atoms with Crippen LogP contribution in [0.5, 0.6) is 11.6 Å². The van der Waals surface area contributed by atoms with Crippen LogP contribution in [-0.4, -0.2) is 94.3 Å². The lowest BCUT2D eigenvalue weighted by atomic mass is 9.88. The maximum absolute atomic E-state index is 14.4. The molecule has 0 bridgehead atoms. The highest BCUT2D eigenvalue weighted by Gasteiger charge is 2.63. The fraction of sp³-hybridized carbons (Fsp3) is 0.622. The van der Waals surface area contributed by atoms with E-state index < -0.39 is 74.1 Å². The van der Waals surface area contributed by atoms with Gasteiger partial charge in [-0.05, 0) is 82.3 Å². The number of nitrogens with zero attached hydrogens (tertiary/aromatic N) is 3. The van der Waals surface area contributed by atoms with Gasteiger partial charge in [-0.1, -0.05) is 26.0 Å². The van der Waals surface area contributed by atoms with Gasteiger partial charge in [0.1, 0.15) is 35.2 Å². The van der Waals surface area contributed by atoms with Gasteiger partial charge in [0.15, 0.2) is 0 Å². The molecule has 4 N–H and O–H groups in total. The lowest BCUT2D eigenvalue weighted by Gasteiger charge is -2.32. The van der Waals surface area contributed by atoms with Gasteiger partial charge in [0, 0.05) is 24.3 Å². The minimum atomic E-state index is -4.00. The highest BCUT2D eigenvalue weighted by atomic mass is 32.2. The van der Waals surface area contributed by atoms with Crippen LogP contribution < -0.4 is 24.8 Å². The number of carbonyl (C=O) groups excluding carboxylic acids is 3. The first-order valence-electron chi connectivity index (χ1n) is 18.5. The van der Waals surface area contributed by atoms with Crippen LogP contribution in [0.25, 0.3) is 11.0 Å². The molecule has 0 spiro atoms. The maximum atomic E-state index is 14.4. The molecule has 3 heterocycles. The third kappa shape index (κ3) is 7.38. The van der Waals surface area contributed by atoms with Gasteiger partial charge in [0.25, 0.3) is 5.91 Å². The van der Waals surface area contributed by atoms with E-state index in [1.807, 2.05) is 26.0 Å². The van der Waals surface area contributed by atoms with Crippen LogP contribution in [-0.2, 0) is 24.4 Å². The van der Waals surface area contributed by atoms with Crippen molar-refractivity contribution < 1.29 is 42.2 Å². The lowest BCUT2D eigenvalue weighted by molar-refractivity contribution is -0.142. The summed E-state index contributed by atoms with van der Waals surface area (Å²) in [4.78, 5) is 65.7. The number of amides is 4. The Kier molecular flexibility index (Phi) is 9.56. The molecule has 2 aliphatic heterocycles. The predicted molar refractivity (Wildman–Crippen MR) is 193 cm³/mol. The molecular formula is C37H48N6O9S. The molecule has 3 saturated carbocycles. The Morgan fingerprint density at radius 3 is 2.51 bits per heavy atom. The Hall–Kier alpha value is -4.47. The number of allylic oxidation sites excluding steroid dienone is 1. The number of sulfonamides is 1. The number of benzene rings is 1. The molecular weight excluding hydrogens is 705 g/mol. The first-order chi connectivity index (χ1) is 25.1. The molecule has 4 amide bonds. The van der Waals surface area contributed by atoms with Crippen LogP contribution in [0, 0.1) is 17.8 Å². The number of methoxy groups -OCH3 is 1. The summed E-state index contributed by atoms with van der Waals surface area (Å²) in [5.41, 5.74) is 0.359. The van der Waals surface area contributed by atoms with Crippen molar-refractivity contribution in [1.82, 2.24) is 30.2 Å². The van der Waals surface area contributed by atoms with Gasteiger partial charge in [-0.15, -0.1) is 0 Å².